The largest absolute Gasteiger partial charge is 0.387 e. The standard InChI is InChI=1S/C19H16N6O3/c26-17(13-6-8-15(9-7-13)25(27)28)11-20-18-16-10-23-24(19(16)22-12-21-18)14-4-2-1-3-5-14/h1-10,12,17,26H,11H2,(H,20,21,22). The first-order valence-electron chi connectivity index (χ1n) is 8.54. The van der Waals surface area contributed by atoms with E-state index < -0.39 is 11.0 Å². The van der Waals surface area contributed by atoms with Crippen LogP contribution < -0.4 is 5.32 Å². The molecule has 0 aliphatic carbocycles. The normalized spacial score (nSPS) is 12.0. The van der Waals surface area contributed by atoms with Gasteiger partial charge in [-0.15, -0.1) is 0 Å². The predicted octanol–water partition coefficient (Wildman–Crippen LogP) is 2.87. The maximum absolute atomic E-state index is 10.7. The van der Waals surface area contributed by atoms with Crippen LogP contribution in [0.15, 0.2) is 67.1 Å². The molecule has 4 aromatic rings. The van der Waals surface area contributed by atoms with Gasteiger partial charge in [0.2, 0.25) is 0 Å². The van der Waals surface area contributed by atoms with Crippen LogP contribution in [0.1, 0.15) is 11.7 Å². The maximum atomic E-state index is 10.7. The summed E-state index contributed by atoms with van der Waals surface area (Å²) in [6, 6.07) is 15.4. The van der Waals surface area contributed by atoms with Crippen molar-refractivity contribution in [2.24, 2.45) is 0 Å². The highest BCUT2D eigenvalue weighted by Gasteiger charge is 2.14. The zero-order chi connectivity index (χ0) is 19.5. The van der Waals surface area contributed by atoms with Crippen LogP contribution in [0.2, 0.25) is 0 Å². The highest BCUT2D eigenvalue weighted by molar-refractivity contribution is 5.87. The van der Waals surface area contributed by atoms with Crippen LogP contribution in [0.3, 0.4) is 0 Å². The smallest absolute Gasteiger partial charge is 0.269 e. The van der Waals surface area contributed by atoms with E-state index in [0.29, 0.717) is 17.0 Å². The second kappa shape index (κ2) is 7.41. The third-order valence-corrected chi connectivity index (χ3v) is 4.32. The Labute approximate surface area is 159 Å². The molecule has 0 saturated heterocycles. The first-order valence-corrected chi connectivity index (χ1v) is 8.54. The molecule has 1 unspecified atom stereocenters. The fourth-order valence-electron chi connectivity index (χ4n) is 2.87. The van der Waals surface area contributed by atoms with E-state index in [1.54, 1.807) is 10.9 Å². The molecule has 4 rings (SSSR count). The molecule has 0 aliphatic rings. The van der Waals surface area contributed by atoms with Crippen molar-refractivity contribution in [3.05, 3.63) is 82.8 Å². The number of nitrogens with zero attached hydrogens (tertiary/aromatic N) is 5. The Hall–Kier alpha value is -3.85. The van der Waals surface area contributed by atoms with Crippen molar-refractivity contribution >= 4 is 22.5 Å². The van der Waals surface area contributed by atoms with Gasteiger partial charge in [0.1, 0.15) is 12.1 Å². The van der Waals surface area contributed by atoms with Crippen LogP contribution in [-0.2, 0) is 0 Å². The number of hydrogen-bond acceptors (Lipinski definition) is 7. The number of aliphatic hydroxyl groups is 1. The van der Waals surface area contributed by atoms with Crippen LogP contribution in [0.25, 0.3) is 16.7 Å². The van der Waals surface area contributed by atoms with Gasteiger partial charge in [-0.3, -0.25) is 10.1 Å². The molecule has 2 aromatic carbocycles. The summed E-state index contributed by atoms with van der Waals surface area (Å²) in [6.07, 6.45) is 2.25. The van der Waals surface area contributed by atoms with Crippen LogP contribution in [0.5, 0.6) is 0 Å². The third-order valence-electron chi connectivity index (χ3n) is 4.32. The number of benzene rings is 2. The van der Waals surface area contributed by atoms with Crippen molar-refractivity contribution in [1.82, 2.24) is 19.7 Å². The Balaban J connectivity index is 1.53. The highest BCUT2D eigenvalue weighted by Crippen LogP contribution is 2.23. The number of anilines is 1. The quantitative estimate of drug-likeness (QED) is 0.392. The number of aliphatic hydroxyl groups excluding tert-OH is 1. The number of fused-ring (bicyclic) bond motifs is 1. The molecule has 9 nitrogen and oxygen atoms in total. The summed E-state index contributed by atoms with van der Waals surface area (Å²) >= 11 is 0. The van der Waals surface area contributed by atoms with Crippen molar-refractivity contribution in [2.45, 2.75) is 6.10 Å². The number of nitro groups is 1. The Kier molecular flexibility index (Phi) is 4.65. The molecule has 0 aliphatic heterocycles. The molecule has 140 valence electrons. The van der Waals surface area contributed by atoms with Gasteiger partial charge in [-0.25, -0.2) is 14.6 Å². The minimum Gasteiger partial charge on any atom is -0.387 e. The van der Waals surface area contributed by atoms with E-state index in [2.05, 4.69) is 20.4 Å². The monoisotopic (exact) mass is 376 g/mol. The van der Waals surface area contributed by atoms with E-state index in [1.165, 1.54) is 30.6 Å². The van der Waals surface area contributed by atoms with Crippen molar-refractivity contribution in [1.29, 1.82) is 0 Å². The molecule has 2 N–H and O–H groups in total. The highest BCUT2D eigenvalue weighted by atomic mass is 16.6. The molecule has 2 aromatic heterocycles. The summed E-state index contributed by atoms with van der Waals surface area (Å²) in [5, 5.41) is 29.3. The van der Waals surface area contributed by atoms with Gasteiger partial charge < -0.3 is 10.4 Å². The molecule has 2 heterocycles. The van der Waals surface area contributed by atoms with E-state index >= 15 is 0 Å². The van der Waals surface area contributed by atoms with Crippen LogP contribution in [-0.4, -0.2) is 36.3 Å². The zero-order valence-electron chi connectivity index (χ0n) is 14.6. The van der Waals surface area contributed by atoms with E-state index in [0.717, 1.165) is 11.1 Å². The number of nitrogens with one attached hydrogen (secondary N) is 1. The van der Waals surface area contributed by atoms with Gasteiger partial charge in [0.05, 0.1) is 28.3 Å². The summed E-state index contributed by atoms with van der Waals surface area (Å²) < 4.78 is 1.72. The average molecular weight is 376 g/mol. The van der Waals surface area contributed by atoms with Gasteiger partial charge in [0.25, 0.3) is 5.69 Å². The van der Waals surface area contributed by atoms with E-state index in [-0.39, 0.29) is 12.2 Å². The lowest BCUT2D eigenvalue weighted by atomic mass is 10.1. The van der Waals surface area contributed by atoms with E-state index in [1.807, 2.05) is 30.3 Å². The van der Waals surface area contributed by atoms with E-state index in [4.69, 9.17) is 0 Å². The summed E-state index contributed by atoms with van der Waals surface area (Å²) in [4.78, 5) is 18.8. The number of aromatic nitrogens is 4. The van der Waals surface area contributed by atoms with Gasteiger partial charge in [0, 0.05) is 18.7 Å². The molecule has 9 heteroatoms. The summed E-state index contributed by atoms with van der Waals surface area (Å²) in [7, 11) is 0. The fourth-order valence-corrected chi connectivity index (χ4v) is 2.87. The number of hydrogen-bond donors (Lipinski definition) is 2. The van der Waals surface area contributed by atoms with Crippen molar-refractivity contribution in [3.63, 3.8) is 0 Å². The lowest BCUT2D eigenvalue weighted by Crippen LogP contribution is -2.13. The van der Waals surface area contributed by atoms with E-state index in [9.17, 15) is 15.2 Å². The summed E-state index contributed by atoms with van der Waals surface area (Å²) in [5.74, 6) is 0.549. The van der Waals surface area contributed by atoms with Crippen LogP contribution in [0, 0.1) is 10.1 Å². The van der Waals surface area contributed by atoms with Gasteiger partial charge >= 0.3 is 0 Å². The topological polar surface area (TPSA) is 119 Å². The van der Waals surface area contributed by atoms with Crippen LogP contribution >= 0.6 is 0 Å². The third kappa shape index (κ3) is 3.38. The van der Waals surface area contributed by atoms with Crippen molar-refractivity contribution < 1.29 is 10.0 Å². The minimum absolute atomic E-state index is 0.0188. The van der Waals surface area contributed by atoms with Gasteiger partial charge in [0.15, 0.2) is 5.65 Å². The number of non-ortho nitro benzene ring substituents is 1. The molecule has 0 saturated carbocycles. The Bertz CT molecular complexity index is 1110. The summed E-state index contributed by atoms with van der Waals surface area (Å²) in [6.45, 7) is 0.181. The molecule has 0 amide bonds. The number of para-hydroxylation sites is 1. The molecule has 0 bridgehead atoms. The Morgan fingerprint density at radius 2 is 1.86 bits per heavy atom. The summed E-state index contributed by atoms with van der Waals surface area (Å²) in [5.41, 5.74) is 2.08. The number of rotatable bonds is 6. The lowest BCUT2D eigenvalue weighted by Gasteiger charge is -2.13. The zero-order valence-corrected chi connectivity index (χ0v) is 14.6. The van der Waals surface area contributed by atoms with Gasteiger partial charge in [-0.05, 0) is 29.8 Å². The van der Waals surface area contributed by atoms with Gasteiger partial charge in [-0.2, -0.15) is 5.10 Å². The molecular weight excluding hydrogens is 360 g/mol. The minimum atomic E-state index is -0.852. The molecule has 0 spiro atoms. The van der Waals surface area contributed by atoms with Crippen LogP contribution in [0.4, 0.5) is 11.5 Å². The molecular formula is C19H16N6O3. The Morgan fingerprint density at radius 1 is 1.11 bits per heavy atom. The fraction of sp³-hybridized carbons (Fsp3) is 0.105. The lowest BCUT2D eigenvalue weighted by molar-refractivity contribution is -0.384. The number of nitro benzene ring substituents is 1. The first-order chi connectivity index (χ1) is 13.6. The molecule has 0 fully saturated rings. The molecule has 28 heavy (non-hydrogen) atoms. The average Bonchev–Trinajstić information content (AvgIpc) is 3.17. The maximum Gasteiger partial charge on any atom is 0.269 e. The molecule has 1 atom stereocenters. The van der Waals surface area contributed by atoms with Gasteiger partial charge in [-0.1, -0.05) is 18.2 Å². The second-order valence-corrected chi connectivity index (χ2v) is 6.10. The SMILES string of the molecule is O=[N+]([O-])c1ccc(C(O)CNc2ncnc3c2cnn3-c2ccccc2)cc1. The second-order valence-electron chi connectivity index (χ2n) is 6.10. The predicted molar refractivity (Wildman–Crippen MR) is 103 cm³/mol. The van der Waals surface area contributed by atoms with Crippen molar-refractivity contribution in [2.75, 3.05) is 11.9 Å². The van der Waals surface area contributed by atoms with Crippen molar-refractivity contribution in [3.8, 4) is 5.69 Å². The first kappa shape index (κ1) is 17.6. The Morgan fingerprint density at radius 3 is 2.57 bits per heavy atom. The molecule has 0 radical (unpaired) electrons.